The normalized spacial score (nSPS) is 20.7. The van der Waals surface area contributed by atoms with E-state index in [1.54, 1.807) is 18.2 Å². The van der Waals surface area contributed by atoms with Crippen LogP contribution in [0.25, 0.3) is 11.3 Å². The molecule has 5 rings (SSSR count). The Hall–Kier alpha value is -3.74. The van der Waals surface area contributed by atoms with Crippen LogP contribution in [-0.2, 0) is 14.4 Å². The number of nitrogens with zero attached hydrogens (tertiary/aromatic N) is 2. The number of Topliss-reactive ketones (excluding diaryl/α,β-unsaturated/α-hetero) is 2. The SMILES string of the molecule is CC(C)Oc1ccccc1C1C(C(=O)C2CCCC2)C(=O)C(=O)N1c1ccc(-c2ccon2)cc1. The number of carbonyl (C=O) groups is 3. The molecule has 2 unspecified atom stereocenters. The zero-order valence-corrected chi connectivity index (χ0v) is 19.8. The van der Waals surface area contributed by atoms with Crippen LogP contribution in [-0.4, -0.2) is 28.7 Å². The van der Waals surface area contributed by atoms with Gasteiger partial charge < -0.3 is 9.26 Å². The summed E-state index contributed by atoms with van der Waals surface area (Å²) in [6.45, 7) is 3.84. The van der Waals surface area contributed by atoms with Crippen LogP contribution in [0, 0.1) is 11.8 Å². The standard InChI is InChI=1S/C28H28N2O5/c1-17(2)35-23-10-6-5-9-21(23)25-24(26(31)19-7-3-4-8-19)27(32)28(33)30(25)20-13-11-18(12-14-20)22-15-16-34-29-22/h5-6,9-17,19,24-25H,3-4,7-8H2,1-2H3. The van der Waals surface area contributed by atoms with Crippen molar-refractivity contribution >= 4 is 23.2 Å². The molecule has 1 amide bonds. The number of hydrogen-bond donors (Lipinski definition) is 0. The molecule has 1 aliphatic heterocycles. The zero-order valence-electron chi connectivity index (χ0n) is 19.8. The van der Waals surface area contributed by atoms with Gasteiger partial charge in [0.15, 0.2) is 0 Å². The molecule has 1 saturated carbocycles. The molecule has 1 aromatic heterocycles. The van der Waals surface area contributed by atoms with Gasteiger partial charge in [0.2, 0.25) is 5.78 Å². The molecule has 180 valence electrons. The van der Waals surface area contributed by atoms with Gasteiger partial charge >= 0.3 is 0 Å². The van der Waals surface area contributed by atoms with E-state index in [4.69, 9.17) is 9.26 Å². The number of ether oxygens (including phenoxy) is 1. The third-order valence-corrected chi connectivity index (χ3v) is 6.85. The van der Waals surface area contributed by atoms with Crippen molar-refractivity contribution in [1.29, 1.82) is 0 Å². The van der Waals surface area contributed by atoms with Crippen LogP contribution in [0.2, 0.25) is 0 Å². The maximum absolute atomic E-state index is 13.6. The van der Waals surface area contributed by atoms with Gasteiger partial charge in [0.25, 0.3) is 5.91 Å². The van der Waals surface area contributed by atoms with Crippen LogP contribution in [0.1, 0.15) is 51.1 Å². The predicted molar refractivity (Wildman–Crippen MR) is 130 cm³/mol. The van der Waals surface area contributed by atoms with Gasteiger partial charge in [0.1, 0.15) is 29.4 Å². The molecule has 0 spiro atoms. The van der Waals surface area contributed by atoms with Crippen molar-refractivity contribution < 1.29 is 23.6 Å². The molecule has 7 heteroatoms. The van der Waals surface area contributed by atoms with Crippen LogP contribution in [0.5, 0.6) is 5.75 Å². The molecule has 2 fully saturated rings. The summed E-state index contributed by atoms with van der Waals surface area (Å²) in [6, 6.07) is 15.5. The Kier molecular flexibility index (Phi) is 6.24. The van der Waals surface area contributed by atoms with Crippen molar-refractivity contribution in [3.63, 3.8) is 0 Å². The summed E-state index contributed by atoms with van der Waals surface area (Å²) in [6.07, 6.45) is 4.85. The molecular formula is C28H28N2O5. The number of carbonyl (C=O) groups excluding carboxylic acids is 3. The predicted octanol–water partition coefficient (Wildman–Crippen LogP) is 5.16. The van der Waals surface area contributed by atoms with E-state index in [2.05, 4.69) is 5.16 Å². The van der Waals surface area contributed by atoms with E-state index in [0.717, 1.165) is 31.2 Å². The third-order valence-electron chi connectivity index (χ3n) is 6.85. The number of ketones is 2. The van der Waals surface area contributed by atoms with Gasteiger partial charge in [-0.1, -0.05) is 48.3 Å². The van der Waals surface area contributed by atoms with Crippen LogP contribution >= 0.6 is 0 Å². The topological polar surface area (TPSA) is 89.7 Å². The minimum absolute atomic E-state index is 0.108. The third kappa shape index (κ3) is 4.27. The lowest BCUT2D eigenvalue weighted by atomic mass is 9.82. The molecule has 2 aromatic carbocycles. The summed E-state index contributed by atoms with van der Waals surface area (Å²) in [5.74, 6) is -2.12. The van der Waals surface area contributed by atoms with E-state index in [0.29, 0.717) is 22.7 Å². The molecular weight excluding hydrogens is 444 g/mol. The molecule has 1 aliphatic carbocycles. The van der Waals surface area contributed by atoms with Crippen LogP contribution in [0.4, 0.5) is 5.69 Å². The number of hydrogen-bond acceptors (Lipinski definition) is 6. The quantitative estimate of drug-likeness (QED) is 0.348. The summed E-state index contributed by atoms with van der Waals surface area (Å²) >= 11 is 0. The van der Waals surface area contributed by atoms with Crippen molar-refractivity contribution in [1.82, 2.24) is 5.16 Å². The fraction of sp³-hybridized carbons (Fsp3) is 0.357. The Bertz CT molecular complexity index is 1230. The van der Waals surface area contributed by atoms with Crippen LogP contribution in [0.15, 0.2) is 65.4 Å². The molecule has 0 bridgehead atoms. The minimum Gasteiger partial charge on any atom is -0.491 e. The van der Waals surface area contributed by atoms with E-state index in [1.807, 2.05) is 50.2 Å². The first-order valence-corrected chi connectivity index (χ1v) is 12.1. The molecule has 2 heterocycles. The fourth-order valence-corrected chi connectivity index (χ4v) is 5.26. The highest BCUT2D eigenvalue weighted by Gasteiger charge is 2.54. The second-order valence-electron chi connectivity index (χ2n) is 9.48. The first kappa shape index (κ1) is 23.0. The average molecular weight is 473 g/mol. The van der Waals surface area contributed by atoms with Gasteiger partial charge in [-0.25, -0.2) is 0 Å². The summed E-state index contributed by atoms with van der Waals surface area (Å²) in [5.41, 5.74) is 2.69. The fourth-order valence-electron chi connectivity index (χ4n) is 5.26. The molecule has 2 aliphatic rings. The second kappa shape index (κ2) is 9.49. The Morgan fingerprint density at radius 3 is 2.40 bits per heavy atom. The Balaban J connectivity index is 1.60. The number of anilines is 1. The number of aromatic nitrogens is 1. The number of benzene rings is 2. The number of amides is 1. The van der Waals surface area contributed by atoms with Gasteiger partial charge in [0, 0.05) is 28.8 Å². The summed E-state index contributed by atoms with van der Waals surface area (Å²) in [4.78, 5) is 41.9. The highest BCUT2D eigenvalue weighted by Crippen LogP contribution is 2.45. The second-order valence-corrected chi connectivity index (χ2v) is 9.48. The molecule has 0 N–H and O–H groups in total. The Morgan fingerprint density at radius 2 is 1.74 bits per heavy atom. The van der Waals surface area contributed by atoms with Gasteiger partial charge in [-0.15, -0.1) is 0 Å². The van der Waals surface area contributed by atoms with Crippen LogP contribution < -0.4 is 9.64 Å². The molecule has 7 nitrogen and oxygen atoms in total. The van der Waals surface area contributed by atoms with E-state index in [1.165, 1.54) is 11.2 Å². The van der Waals surface area contributed by atoms with E-state index in [9.17, 15) is 14.4 Å². The van der Waals surface area contributed by atoms with Crippen molar-refractivity contribution in [2.45, 2.75) is 51.7 Å². The van der Waals surface area contributed by atoms with Gasteiger partial charge in [-0.05, 0) is 44.9 Å². The Morgan fingerprint density at radius 1 is 1.03 bits per heavy atom. The van der Waals surface area contributed by atoms with E-state index in [-0.39, 0.29) is 17.8 Å². The monoisotopic (exact) mass is 472 g/mol. The molecule has 1 saturated heterocycles. The highest BCUT2D eigenvalue weighted by molar-refractivity contribution is 6.48. The number of rotatable bonds is 7. The van der Waals surface area contributed by atoms with Gasteiger partial charge in [-0.2, -0.15) is 0 Å². The van der Waals surface area contributed by atoms with E-state index >= 15 is 0 Å². The van der Waals surface area contributed by atoms with Crippen molar-refractivity contribution in [3.8, 4) is 17.0 Å². The maximum atomic E-state index is 13.6. The molecule has 2 atom stereocenters. The zero-order chi connectivity index (χ0) is 24.5. The lowest BCUT2D eigenvalue weighted by molar-refractivity contribution is -0.140. The highest BCUT2D eigenvalue weighted by atomic mass is 16.5. The number of para-hydroxylation sites is 1. The Labute approximate surface area is 204 Å². The van der Waals surface area contributed by atoms with Crippen molar-refractivity contribution in [2.75, 3.05) is 4.90 Å². The minimum atomic E-state index is -1.06. The van der Waals surface area contributed by atoms with Crippen LogP contribution in [0.3, 0.4) is 0 Å². The lowest BCUT2D eigenvalue weighted by Crippen LogP contribution is -2.33. The van der Waals surface area contributed by atoms with Gasteiger partial charge in [0.05, 0.1) is 12.1 Å². The first-order valence-electron chi connectivity index (χ1n) is 12.1. The first-order chi connectivity index (χ1) is 17.0. The molecule has 35 heavy (non-hydrogen) atoms. The van der Waals surface area contributed by atoms with Gasteiger partial charge in [-0.3, -0.25) is 19.3 Å². The molecule has 0 radical (unpaired) electrons. The maximum Gasteiger partial charge on any atom is 0.295 e. The van der Waals surface area contributed by atoms with E-state index < -0.39 is 23.7 Å². The summed E-state index contributed by atoms with van der Waals surface area (Å²) in [7, 11) is 0. The largest absolute Gasteiger partial charge is 0.491 e. The average Bonchev–Trinajstić information content (AvgIpc) is 3.62. The van der Waals surface area contributed by atoms with Crippen molar-refractivity contribution in [3.05, 3.63) is 66.4 Å². The molecule has 3 aromatic rings. The lowest BCUT2D eigenvalue weighted by Gasteiger charge is -2.30. The van der Waals surface area contributed by atoms with Crippen molar-refractivity contribution in [2.24, 2.45) is 11.8 Å². The smallest absolute Gasteiger partial charge is 0.295 e. The summed E-state index contributed by atoms with van der Waals surface area (Å²) < 4.78 is 11.0. The summed E-state index contributed by atoms with van der Waals surface area (Å²) in [5, 5.41) is 3.95.